The summed E-state index contributed by atoms with van der Waals surface area (Å²) in [6, 6.07) is 5.59. The molecular formula is C10H14ClNO2. The number of methoxy groups -OCH3 is 2. The van der Waals surface area contributed by atoms with Crippen LogP contribution in [0.15, 0.2) is 18.2 Å². The Kier molecular flexibility index (Phi) is 4.04. The minimum Gasteiger partial charge on any atom is -0.493 e. The molecule has 3 nitrogen and oxygen atoms in total. The van der Waals surface area contributed by atoms with Gasteiger partial charge in [-0.25, -0.2) is 0 Å². The fourth-order valence-electron chi connectivity index (χ4n) is 1.18. The van der Waals surface area contributed by atoms with E-state index in [4.69, 9.17) is 21.1 Å². The Balaban J connectivity index is 3.01. The van der Waals surface area contributed by atoms with Crippen LogP contribution in [0.2, 0.25) is 0 Å². The molecule has 1 aromatic rings. The van der Waals surface area contributed by atoms with Gasteiger partial charge in [0.2, 0.25) is 0 Å². The predicted molar refractivity (Wildman–Crippen MR) is 57.2 cm³/mol. The maximum atomic E-state index is 6.01. The molecule has 0 spiro atoms. The van der Waals surface area contributed by atoms with E-state index in [1.807, 2.05) is 18.2 Å². The molecule has 0 fully saturated rings. The number of benzene rings is 1. The monoisotopic (exact) mass is 215 g/mol. The van der Waals surface area contributed by atoms with E-state index in [9.17, 15) is 0 Å². The second kappa shape index (κ2) is 5.08. The molecule has 14 heavy (non-hydrogen) atoms. The molecule has 0 amide bonds. The van der Waals surface area contributed by atoms with Crippen molar-refractivity contribution in [2.45, 2.75) is 5.50 Å². The topological polar surface area (TPSA) is 30.5 Å². The molecule has 0 saturated carbocycles. The third-order valence-electron chi connectivity index (χ3n) is 1.95. The molecule has 0 heterocycles. The van der Waals surface area contributed by atoms with Crippen LogP contribution in [0.1, 0.15) is 11.1 Å². The van der Waals surface area contributed by atoms with Gasteiger partial charge in [-0.15, -0.1) is 11.6 Å². The van der Waals surface area contributed by atoms with Crippen LogP contribution in [0.5, 0.6) is 11.5 Å². The molecule has 0 saturated heterocycles. The van der Waals surface area contributed by atoms with Gasteiger partial charge in [-0.2, -0.15) is 0 Å². The zero-order chi connectivity index (χ0) is 10.6. The van der Waals surface area contributed by atoms with Crippen molar-refractivity contribution in [3.05, 3.63) is 23.8 Å². The van der Waals surface area contributed by atoms with Crippen molar-refractivity contribution in [3.8, 4) is 11.5 Å². The Hall–Kier alpha value is -0.930. The second-order valence-corrected chi connectivity index (χ2v) is 3.20. The predicted octanol–water partition coefficient (Wildman–Crippen LogP) is 2.16. The highest BCUT2D eigenvalue weighted by atomic mass is 35.5. The third kappa shape index (κ3) is 2.30. The zero-order valence-corrected chi connectivity index (χ0v) is 9.26. The Bertz CT molecular complexity index is 304. The largest absolute Gasteiger partial charge is 0.493 e. The van der Waals surface area contributed by atoms with Gasteiger partial charge in [-0.05, 0) is 24.7 Å². The van der Waals surface area contributed by atoms with Crippen LogP contribution in [-0.4, -0.2) is 21.3 Å². The molecular weight excluding hydrogens is 202 g/mol. The van der Waals surface area contributed by atoms with Gasteiger partial charge < -0.3 is 14.8 Å². The normalized spacial score (nSPS) is 12.3. The van der Waals surface area contributed by atoms with Crippen LogP contribution in [0.3, 0.4) is 0 Å². The molecule has 0 aliphatic rings. The molecule has 1 rings (SSSR count). The van der Waals surface area contributed by atoms with E-state index in [1.165, 1.54) is 0 Å². The van der Waals surface area contributed by atoms with Crippen LogP contribution < -0.4 is 14.8 Å². The number of ether oxygens (including phenoxy) is 2. The molecule has 78 valence electrons. The summed E-state index contributed by atoms with van der Waals surface area (Å²) in [5, 5.41) is 2.94. The van der Waals surface area contributed by atoms with Crippen molar-refractivity contribution < 1.29 is 9.47 Å². The van der Waals surface area contributed by atoms with Gasteiger partial charge in [0.05, 0.1) is 14.2 Å². The lowest BCUT2D eigenvalue weighted by atomic mass is 10.2. The van der Waals surface area contributed by atoms with Gasteiger partial charge in [-0.1, -0.05) is 6.07 Å². The lowest BCUT2D eigenvalue weighted by Gasteiger charge is -2.12. The third-order valence-corrected chi connectivity index (χ3v) is 2.42. The lowest BCUT2D eigenvalue weighted by molar-refractivity contribution is 0.354. The minimum absolute atomic E-state index is 0.213. The van der Waals surface area contributed by atoms with Crippen molar-refractivity contribution in [2.24, 2.45) is 0 Å². The highest BCUT2D eigenvalue weighted by Gasteiger charge is 2.09. The Morgan fingerprint density at radius 2 is 1.86 bits per heavy atom. The van der Waals surface area contributed by atoms with Crippen molar-refractivity contribution in [3.63, 3.8) is 0 Å². The molecule has 1 aromatic carbocycles. The number of alkyl halides is 1. The van der Waals surface area contributed by atoms with E-state index < -0.39 is 0 Å². The first-order chi connectivity index (χ1) is 6.72. The summed E-state index contributed by atoms with van der Waals surface area (Å²) in [4.78, 5) is 0. The van der Waals surface area contributed by atoms with Crippen LogP contribution in [-0.2, 0) is 0 Å². The lowest BCUT2D eigenvalue weighted by Crippen LogP contribution is -2.09. The number of hydrogen-bond acceptors (Lipinski definition) is 3. The van der Waals surface area contributed by atoms with Gasteiger partial charge in [0.1, 0.15) is 5.50 Å². The first-order valence-corrected chi connectivity index (χ1v) is 4.69. The smallest absolute Gasteiger partial charge is 0.161 e. The summed E-state index contributed by atoms with van der Waals surface area (Å²) in [6.45, 7) is 0. The summed E-state index contributed by atoms with van der Waals surface area (Å²) >= 11 is 6.01. The fraction of sp³-hybridized carbons (Fsp3) is 0.400. The van der Waals surface area contributed by atoms with Crippen molar-refractivity contribution >= 4 is 11.6 Å². The standard InChI is InChI=1S/C10H14ClNO2/c1-12-10(11)7-4-5-8(13-2)9(6-7)14-3/h4-6,10,12H,1-3H3. The maximum absolute atomic E-state index is 6.01. The molecule has 4 heteroatoms. The molecule has 0 aromatic heterocycles. The Morgan fingerprint density at radius 1 is 1.21 bits per heavy atom. The SMILES string of the molecule is CNC(Cl)c1ccc(OC)c(OC)c1. The average Bonchev–Trinajstić information content (AvgIpc) is 2.26. The average molecular weight is 216 g/mol. The molecule has 1 atom stereocenters. The quantitative estimate of drug-likeness (QED) is 0.617. The van der Waals surface area contributed by atoms with Crippen molar-refractivity contribution in [2.75, 3.05) is 21.3 Å². The summed E-state index contributed by atoms with van der Waals surface area (Å²) in [5.41, 5.74) is 0.738. The molecule has 0 aliphatic heterocycles. The van der Waals surface area contributed by atoms with Crippen molar-refractivity contribution in [1.29, 1.82) is 0 Å². The molecule has 1 unspecified atom stereocenters. The van der Waals surface area contributed by atoms with E-state index >= 15 is 0 Å². The van der Waals surface area contributed by atoms with Crippen molar-refractivity contribution in [1.82, 2.24) is 5.32 Å². The Morgan fingerprint density at radius 3 is 2.36 bits per heavy atom. The van der Waals surface area contributed by atoms with E-state index in [0.717, 1.165) is 5.56 Å². The summed E-state index contributed by atoms with van der Waals surface area (Å²) in [5.74, 6) is 1.39. The first-order valence-electron chi connectivity index (χ1n) is 4.26. The molecule has 0 bridgehead atoms. The van der Waals surface area contributed by atoms with Gasteiger partial charge in [0, 0.05) is 0 Å². The van der Waals surface area contributed by atoms with E-state index in [2.05, 4.69) is 5.32 Å². The van der Waals surface area contributed by atoms with Gasteiger partial charge in [-0.3, -0.25) is 0 Å². The van der Waals surface area contributed by atoms with Crippen LogP contribution in [0.4, 0.5) is 0 Å². The van der Waals surface area contributed by atoms with E-state index in [1.54, 1.807) is 21.3 Å². The van der Waals surface area contributed by atoms with Crippen LogP contribution in [0.25, 0.3) is 0 Å². The highest BCUT2D eigenvalue weighted by Crippen LogP contribution is 2.30. The maximum Gasteiger partial charge on any atom is 0.161 e. The van der Waals surface area contributed by atoms with E-state index in [-0.39, 0.29) is 5.50 Å². The number of nitrogens with one attached hydrogen (secondary N) is 1. The number of rotatable bonds is 4. The number of halogens is 1. The molecule has 0 aliphatic carbocycles. The van der Waals surface area contributed by atoms with Gasteiger partial charge in [0.25, 0.3) is 0 Å². The second-order valence-electron chi connectivity index (χ2n) is 2.77. The number of hydrogen-bond donors (Lipinski definition) is 1. The fourth-order valence-corrected chi connectivity index (χ4v) is 1.31. The zero-order valence-electron chi connectivity index (χ0n) is 8.50. The van der Waals surface area contributed by atoms with Crippen LogP contribution in [0, 0.1) is 0 Å². The summed E-state index contributed by atoms with van der Waals surface area (Å²) in [6.07, 6.45) is 0. The molecule has 1 N–H and O–H groups in total. The minimum atomic E-state index is -0.213. The first kappa shape index (κ1) is 11.1. The summed E-state index contributed by atoms with van der Waals surface area (Å²) < 4.78 is 10.3. The Labute approximate surface area is 89.0 Å². The van der Waals surface area contributed by atoms with Gasteiger partial charge in [0.15, 0.2) is 11.5 Å². The van der Waals surface area contributed by atoms with E-state index in [0.29, 0.717) is 11.5 Å². The molecule has 0 radical (unpaired) electrons. The van der Waals surface area contributed by atoms with Gasteiger partial charge >= 0.3 is 0 Å². The summed E-state index contributed by atoms with van der Waals surface area (Å²) in [7, 11) is 5.01. The van der Waals surface area contributed by atoms with Crippen LogP contribution >= 0.6 is 11.6 Å². The highest BCUT2D eigenvalue weighted by molar-refractivity contribution is 6.20.